The Kier molecular flexibility index (Phi) is 16.6. The lowest BCUT2D eigenvalue weighted by Crippen LogP contribution is -2.40. The highest BCUT2D eigenvalue weighted by Crippen LogP contribution is 2.09. The second-order valence-corrected chi connectivity index (χ2v) is 8.82. The molecule has 2 heterocycles. The fourth-order valence-corrected chi connectivity index (χ4v) is 3.78. The highest BCUT2D eigenvalue weighted by atomic mass is 79.9. The SMILES string of the molecule is C.C.COCCCBr.COCCCn1c(=O)c(=O)n(C)c2ccccc21.Cn1c(=O)c(=O)[nH]c2ccccc21. The second-order valence-electron chi connectivity index (χ2n) is 8.03. The normalized spacial score (nSPS) is 9.97. The van der Waals surface area contributed by atoms with Crippen LogP contribution in [0.25, 0.3) is 22.1 Å². The van der Waals surface area contributed by atoms with Gasteiger partial charge in [0.25, 0.3) is 0 Å². The highest BCUT2D eigenvalue weighted by molar-refractivity contribution is 9.09. The summed E-state index contributed by atoms with van der Waals surface area (Å²) in [5.74, 6) is 0. The minimum Gasteiger partial charge on any atom is -0.385 e. The zero-order valence-electron chi connectivity index (χ0n) is 21.5. The van der Waals surface area contributed by atoms with Crippen LogP contribution in [0.15, 0.2) is 67.7 Å². The molecule has 0 saturated heterocycles. The zero-order chi connectivity index (χ0) is 27.4. The Labute approximate surface area is 237 Å². The first kappa shape index (κ1) is 35.7. The Bertz CT molecular complexity index is 1530. The van der Waals surface area contributed by atoms with Gasteiger partial charge in [0.1, 0.15) is 0 Å². The topological polar surface area (TPSA) is 117 Å². The van der Waals surface area contributed by atoms with Gasteiger partial charge in [0, 0.05) is 53.4 Å². The van der Waals surface area contributed by atoms with E-state index < -0.39 is 22.2 Å². The van der Waals surface area contributed by atoms with Crippen molar-refractivity contribution in [3.05, 3.63) is 89.9 Å². The molecule has 0 unspecified atom stereocenters. The lowest BCUT2D eigenvalue weighted by Gasteiger charge is -2.11. The number of halogens is 1. The molecule has 0 radical (unpaired) electrons. The molecule has 0 aliphatic rings. The number of hydrogen-bond acceptors (Lipinski definition) is 6. The quantitative estimate of drug-likeness (QED) is 0.194. The molecule has 0 spiro atoms. The van der Waals surface area contributed by atoms with Crippen LogP contribution in [-0.4, -0.2) is 51.4 Å². The Hall–Kier alpha value is -3.28. The van der Waals surface area contributed by atoms with Crippen molar-refractivity contribution in [1.29, 1.82) is 0 Å². The average Bonchev–Trinajstić information content (AvgIpc) is 2.92. The number of aromatic amines is 1. The Balaban J connectivity index is 0.000000606. The van der Waals surface area contributed by atoms with Crippen molar-refractivity contribution in [3.8, 4) is 0 Å². The van der Waals surface area contributed by atoms with Gasteiger partial charge < -0.3 is 28.2 Å². The van der Waals surface area contributed by atoms with E-state index in [1.54, 1.807) is 40.4 Å². The number of ether oxygens (including phenoxy) is 2. The van der Waals surface area contributed by atoms with Crippen molar-refractivity contribution in [2.45, 2.75) is 34.2 Å². The molecule has 0 amide bonds. The van der Waals surface area contributed by atoms with Crippen LogP contribution in [0.1, 0.15) is 27.7 Å². The molecule has 2 aromatic carbocycles. The summed E-state index contributed by atoms with van der Waals surface area (Å²) in [7, 11) is 6.53. The standard InChI is InChI=1S/C13H16N2O3.C9H8N2O2.C4H9BrO.2CH4/c1-14-10-6-3-4-7-11(10)15(8-5-9-18-2)13(17)12(14)16;1-11-7-5-3-2-4-6(7)10-8(12)9(11)13;1-6-4-2-3-5;;/h3-4,6-7H,5,8-9H2,1-2H3;2-5H,1H3,(H,10,12);2-4H2,1H3;2*1H4. The van der Waals surface area contributed by atoms with Gasteiger partial charge in [-0.05, 0) is 37.1 Å². The van der Waals surface area contributed by atoms with E-state index in [-0.39, 0.29) is 14.9 Å². The molecule has 4 aromatic rings. The number of benzene rings is 2. The van der Waals surface area contributed by atoms with Crippen LogP contribution >= 0.6 is 15.9 Å². The van der Waals surface area contributed by atoms with Gasteiger partial charge in [-0.15, -0.1) is 0 Å². The summed E-state index contributed by atoms with van der Waals surface area (Å²) in [4.78, 5) is 48.6. The second kappa shape index (κ2) is 18.1. The Morgan fingerprint density at radius 1 is 0.718 bits per heavy atom. The van der Waals surface area contributed by atoms with E-state index in [1.165, 1.54) is 13.7 Å². The number of rotatable bonds is 7. The lowest BCUT2D eigenvalue weighted by molar-refractivity contribution is 0.190. The zero-order valence-corrected chi connectivity index (χ0v) is 23.1. The number of hydrogen-bond donors (Lipinski definition) is 1. The fourth-order valence-electron chi connectivity index (χ4n) is 3.55. The van der Waals surface area contributed by atoms with Gasteiger partial charge in [-0.3, -0.25) is 19.2 Å². The summed E-state index contributed by atoms with van der Waals surface area (Å²) in [6, 6.07) is 14.6. The Morgan fingerprint density at radius 2 is 1.23 bits per heavy atom. The lowest BCUT2D eigenvalue weighted by atomic mass is 10.2. The molecule has 0 atom stereocenters. The summed E-state index contributed by atoms with van der Waals surface area (Å²) < 4.78 is 14.0. The van der Waals surface area contributed by atoms with E-state index in [0.29, 0.717) is 25.1 Å². The first-order valence-electron chi connectivity index (χ1n) is 11.7. The van der Waals surface area contributed by atoms with Crippen molar-refractivity contribution < 1.29 is 9.47 Å². The molecule has 11 heteroatoms. The fraction of sp³-hybridized carbons (Fsp3) is 0.429. The van der Waals surface area contributed by atoms with E-state index in [9.17, 15) is 19.2 Å². The first-order chi connectivity index (χ1) is 17.8. The van der Waals surface area contributed by atoms with E-state index in [2.05, 4.69) is 20.9 Å². The molecule has 39 heavy (non-hydrogen) atoms. The van der Waals surface area contributed by atoms with Gasteiger partial charge in [-0.25, -0.2) is 0 Å². The van der Waals surface area contributed by atoms with Gasteiger partial charge in [-0.1, -0.05) is 55.0 Å². The minimum absolute atomic E-state index is 0. The molecule has 1 N–H and O–H groups in total. The van der Waals surface area contributed by atoms with E-state index in [4.69, 9.17) is 9.47 Å². The van der Waals surface area contributed by atoms with Gasteiger partial charge in [-0.2, -0.15) is 0 Å². The molecule has 0 fully saturated rings. The molecule has 2 aromatic heterocycles. The molecule has 10 nitrogen and oxygen atoms in total. The van der Waals surface area contributed by atoms with Crippen molar-refractivity contribution in [2.24, 2.45) is 14.1 Å². The number of nitrogens with zero attached hydrogens (tertiary/aromatic N) is 3. The van der Waals surface area contributed by atoms with Crippen LogP contribution in [0.4, 0.5) is 0 Å². The molecule has 0 aliphatic heterocycles. The summed E-state index contributed by atoms with van der Waals surface area (Å²) in [5, 5.41) is 1.04. The van der Waals surface area contributed by atoms with E-state index in [0.717, 1.165) is 34.9 Å². The third-order valence-corrected chi connectivity index (χ3v) is 6.05. The summed E-state index contributed by atoms with van der Waals surface area (Å²) in [6.07, 6.45) is 1.81. The van der Waals surface area contributed by atoms with Crippen LogP contribution in [0, 0.1) is 0 Å². The van der Waals surface area contributed by atoms with Crippen molar-refractivity contribution >= 4 is 38.0 Å². The molecular formula is C28H41BrN4O6. The van der Waals surface area contributed by atoms with E-state index in [1.807, 2.05) is 36.4 Å². The molecular weight excluding hydrogens is 568 g/mol. The number of nitrogens with one attached hydrogen (secondary N) is 1. The third-order valence-electron chi connectivity index (χ3n) is 5.49. The minimum atomic E-state index is -0.582. The van der Waals surface area contributed by atoms with Crippen LogP contribution in [0.5, 0.6) is 0 Å². The van der Waals surface area contributed by atoms with Crippen molar-refractivity contribution in [3.63, 3.8) is 0 Å². The molecule has 4 rings (SSSR count). The maximum Gasteiger partial charge on any atom is 0.316 e. The number of aromatic nitrogens is 4. The number of aryl methyl sites for hydroxylation is 3. The average molecular weight is 610 g/mol. The van der Waals surface area contributed by atoms with Crippen LogP contribution in [0.2, 0.25) is 0 Å². The number of methoxy groups -OCH3 is 2. The highest BCUT2D eigenvalue weighted by Gasteiger charge is 2.09. The van der Waals surface area contributed by atoms with Crippen molar-refractivity contribution in [1.82, 2.24) is 18.7 Å². The number of H-pyrrole nitrogens is 1. The summed E-state index contributed by atoms with van der Waals surface area (Å²) >= 11 is 3.27. The smallest absolute Gasteiger partial charge is 0.316 e. The molecule has 0 aliphatic carbocycles. The van der Waals surface area contributed by atoms with Crippen LogP contribution in [0.3, 0.4) is 0 Å². The maximum absolute atomic E-state index is 12.0. The molecule has 0 saturated carbocycles. The van der Waals surface area contributed by atoms with Crippen LogP contribution < -0.4 is 22.2 Å². The predicted molar refractivity (Wildman–Crippen MR) is 164 cm³/mol. The summed E-state index contributed by atoms with van der Waals surface area (Å²) in [6.45, 7) is 1.92. The van der Waals surface area contributed by atoms with Gasteiger partial charge in [0.15, 0.2) is 0 Å². The largest absolute Gasteiger partial charge is 0.385 e. The van der Waals surface area contributed by atoms with Gasteiger partial charge >= 0.3 is 22.2 Å². The molecule has 0 bridgehead atoms. The van der Waals surface area contributed by atoms with E-state index >= 15 is 0 Å². The van der Waals surface area contributed by atoms with Gasteiger partial charge in [0.05, 0.1) is 22.1 Å². The Morgan fingerprint density at radius 3 is 1.79 bits per heavy atom. The predicted octanol–water partition coefficient (Wildman–Crippen LogP) is 3.65. The first-order valence-corrected chi connectivity index (χ1v) is 12.8. The third kappa shape index (κ3) is 9.45. The number of alkyl halides is 1. The molecule has 216 valence electrons. The number of fused-ring (bicyclic) bond motifs is 2. The maximum atomic E-state index is 12.0. The van der Waals surface area contributed by atoms with Crippen molar-refractivity contribution in [2.75, 3.05) is 32.8 Å². The monoisotopic (exact) mass is 608 g/mol. The van der Waals surface area contributed by atoms with Gasteiger partial charge in [0.2, 0.25) is 0 Å². The number of para-hydroxylation sites is 4. The summed E-state index contributed by atoms with van der Waals surface area (Å²) in [5.41, 5.74) is 0.861. The van der Waals surface area contributed by atoms with Crippen LogP contribution in [-0.2, 0) is 30.1 Å².